The van der Waals surface area contributed by atoms with E-state index in [1.807, 2.05) is 0 Å². The molecule has 0 aromatic rings. The average Bonchev–Trinajstić information content (AvgIpc) is 2.27. The molecular formula is C17H36. The highest BCUT2D eigenvalue weighted by Gasteiger charge is 2.41. The first-order valence-electron chi connectivity index (χ1n) is 7.84. The van der Waals surface area contributed by atoms with Gasteiger partial charge in [0, 0.05) is 0 Å². The molecule has 0 N–H and O–H groups in total. The van der Waals surface area contributed by atoms with E-state index in [-0.39, 0.29) is 0 Å². The molecule has 0 radical (unpaired) electrons. The molecule has 104 valence electrons. The quantitative estimate of drug-likeness (QED) is 0.477. The van der Waals surface area contributed by atoms with Gasteiger partial charge in [0.2, 0.25) is 0 Å². The van der Waals surface area contributed by atoms with Crippen LogP contribution >= 0.6 is 0 Å². The van der Waals surface area contributed by atoms with Gasteiger partial charge in [0.1, 0.15) is 0 Å². The third-order valence-electron chi connectivity index (χ3n) is 5.26. The Morgan fingerprint density at radius 3 is 1.71 bits per heavy atom. The van der Waals surface area contributed by atoms with Gasteiger partial charge in [-0.05, 0) is 35.5 Å². The van der Waals surface area contributed by atoms with Gasteiger partial charge in [0.25, 0.3) is 0 Å². The molecule has 0 heterocycles. The summed E-state index contributed by atoms with van der Waals surface area (Å²) in [6, 6.07) is 0. The molecular weight excluding hydrogens is 204 g/mol. The monoisotopic (exact) mass is 240 g/mol. The molecule has 0 aliphatic rings. The first-order chi connectivity index (χ1) is 7.84. The van der Waals surface area contributed by atoms with Crippen molar-refractivity contribution in [1.29, 1.82) is 0 Å². The Bertz CT molecular complexity index is 194. The Kier molecular flexibility index (Phi) is 7.44. The summed E-state index contributed by atoms with van der Waals surface area (Å²) >= 11 is 0. The molecule has 0 aromatic carbocycles. The Labute approximate surface area is 111 Å². The highest BCUT2D eigenvalue weighted by molar-refractivity contribution is 4.90. The minimum atomic E-state index is 0.521. The van der Waals surface area contributed by atoms with Crippen LogP contribution in [0.5, 0.6) is 0 Å². The van der Waals surface area contributed by atoms with Gasteiger partial charge in [-0.2, -0.15) is 0 Å². The predicted octanol–water partition coefficient (Wildman–Crippen LogP) is 6.16. The van der Waals surface area contributed by atoms with Gasteiger partial charge >= 0.3 is 0 Å². The minimum Gasteiger partial charge on any atom is -0.0654 e. The molecule has 17 heavy (non-hydrogen) atoms. The minimum absolute atomic E-state index is 0.521. The van der Waals surface area contributed by atoms with E-state index < -0.39 is 0 Å². The molecule has 0 nitrogen and oxygen atoms in total. The fourth-order valence-corrected chi connectivity index (χ4v) is 4.07. The highest BCUT2D eigenvalue weighted by Crippen LogP contribution is 2.48. The fraction of sp³-hybridized carbons (Fsp3) is 1.00. The topological polar surface area (TPSA) is 0 Å². The van der Waals surface area contributed by atoms with Crippen LogP contribution in [0.1, 0.15) is 81.1 Å². The Hall–Kier alpha value is 0. The van der Waals surface area contributed by atoms with E-state index in [1.54, 1.807) is 0 Å². The summed E-state index contributed by atoms with van der Waals surface area (Å²) in [5, 5.41) is 0. The van der Waals surface area contributed by atoms with Crippen molar-refractivity contribution in [2.24, 2.45) is 29.1 Å². The van der Waals surface area contributed by atoms with Crippen LogP contribution in [-0.4, -0.2) is 0 Å². The number of hydrogen-bond donors (Lipinski definition) is 0. The summed E-state index contributed by atoms with van der Waals surface area (Å²) in [4.78, 5) is 0. The predicted molar refractivity (Wildman–Crippen MR) is 80.3 cm³/mol. The molecule has 0 aliphatic carbocycles. The Balaban J connectivity index is 5.21. The van der Waals surface area contributed by atoms with Gasteiger partial charge in [-0.3, -0.25) is 0 Å². The van der Waals surface area contributed by atoms with Gasteiger partial charge in [-0.1, -0.05) is 74.7 Å². The van der Waals surface area contributed by atoms with Crippen molar-refractivity contribution in [3.05, 3.63) is 0 Å². The maximum Gasteiger partial charge on any atom is -0.0267 e. The highest BCUT2D eigenvalue weighted by atomic mass is 14.5. The second kappa shape index (κ2) is 7.44. The first kappa shape index (κ1) is 17.0. The van der Waals surface area contributed by atoms with Crippen LogP contribution < -0.4 is 0 Å². The third-order valence-corrected chi connectivity index (χ3v) is 5.26. The largest absolute Gasteiger partial charge is 0.0654 e. The second-order valence-electron chi connectivity index (χ2n) is 6.72. The molecule has 0 aromatic heterocycles. The molecule has 0 rings (SSSR count). The summed E-state index contributed by atoms with van der Waals surface area (Å²) in [7, 11) is 0. The van der Waals surface area contributed by atoms with E-state index in [0.29, 0.717) is 5.41 Å². The summed E-state index contributed by atoms with van der Waals surface area (Å²) < 4.78 is 0. The summed E-state index contributed by atoms with van der Waals surface area (Å²) in [6.45, 7) is 19.4. The normalized spacial score (nSPS) is 21.0. The Morgan fingerprint density at radius 2 is 1.41 bits per heavy atom. The van der Waals surface area contributed by atoms with Crippen molar-refractivity contribution < 1.29 is 0 Å². The van der Waals surface area contributed by atoms with E-state index >= 15 is 0 Å². The first-order valence-corrected chi connectivity index (χ1v) is 7.84. The van der Waals surface area contributed by atoms with Crippen molar-refractivity contribution >= 4 is 0 Å². The lowest BCUT2D eigenvalue weighted by Gasteiger charge is -2.47. The zero-order chi connectivity index (χ0) is 13.6. The summed E-state index contributed by atoms with van der Waals surface area (Å²) in [5.41, 5.74) is 0.521. The molecule has 0 bridgehead atoms. The van der Waals surface area contributed by atoms with E-state index in [0.717, 1.165) is 23.7 Å². The maximum atomic E-state index is 2.56. The van der Waals surface area contributed by atoms with Crippen LogP contribution in [-0.2, 0) is 0 Å². The van der Waals surface area contributed by atoms with Gasteiger partial charge < -0.3 is 0 Å². The van der Waals surface area contributed by atoms with Crippen molar-refractivity contribution in [3.63, 3.8) is 0 Å². The van der Waals surface area contributed by atoms with E-state index in [9.17, 15) is 0 Å². The van der Waals surface area contributed by atoms with Crippen molar-refractivity contribution in [3.8, 4) is 0 Å². The fourth-order valence-electron chi connectivity index (χ4n) is 4.07. The maximum absolute atomic E-state index is 2.56. The lowest BCUT2D eigenvalue weighted by atomic mass is 9.58. The van der Waals surface area contributed by atoms with Gasteiger partial charge in [-0.25, -0.2) is 0 Å². The smallest absolute Gasteiger partial charge is 0.0267 e. The summed E-state index contributed by atoms with van der Waals surface area (Å²) in [5.74, 6) is 3.35. The van der Waals surface area contributed by atoms with Crippen molar-refractivity contribution in [2.75, 3.05) is 0 Å². The van der Waals surface area contributed by atoms with Gasteiger partial charge in [0.15, 0.2) is 0 Å². The zero-order valence-corrected chi connectivity index (χ0v) is 13.6. The average molecular weight is 240 g/mol. The van der Waals surface area contributed by atoms with Crippen LogP contribution in [0.4, 0.5) is 0 Å². The van der Waals surface area contributed by atoms with E-state index in [1.165, 1.54) is 25.7 Å². The molecule has 0 spiro atoms. The summed E-state index contributed by atoms with van der Waals surface area (Å²) in [6.07, 6.45) is 5.34. The molecule has 0 amide bonds. The third kappa shape index (κ3) is 4.00. The van der Waals surface area contributed by atoms with E-state index in [4.69, 9.17) is 0 Å². The van der Waals surface area contributed by atoms with Crippen molar-refractivity contribution in [1.82, 2.24) is 0 Å². The second-order valence-corrected chi connectivity index (χ2v) is 6.72. The molecule has 0 fully saturated rings. The van der Waals surface area contributed by atoms with Gasteiger partial charge in [-0.15, -0.1) is 0 Å². The zero-order valence-electron chi connectivity index (χ0n) is 13.6. The molecule has 0 saturated heterocycles. The standard InChI is InChI=1S/C17H36/c1-9-12-17(8,15(7)11-3)16(13(4)5)14(6)10-2/h13-16H,9-12H2,1-8H3. The molecule has 4 atom stereocenters. The Morgan fingerprint density at radius 1 is 0.882 bits per heavy atom. The van der Waals surface area contributed by atoms with Crippen LogP contribution in [0.15, 0.2) is 0 Å². The number of hydrogen-bond acceptors (Lipinski definition) is 0. The van der Waals surface area contributed by atoms with E-state index in [2.05, 4.69) is 55.4 Å². The molecule has 0 aliphatic heterocycles. The number of rotatable bonds is 8. The van der Waals surface area contributed by atoms with Crippen LogP contribution in [0.25, 0.3) is 0 Å². The lowest BCUT2D eigenvalue weighted by molar-refractivity contribution is 0.0155. The lowest BCUT2D eigenvalue weighted by Crippen LogP contribution is -2.40. The SMILES string of the molecule is CCCC(C)(C(C)CC)C(C(C)C)C(C)CC. The van der Waals surface area contributed by atoms with Crippen LogP contribution in [0.2, 0.25) is 0 Å². The molecule has 0 saturated carbocycles. The molecule has 0 heteroatoms. The van der Waals surface area contributed by atoms with Crippen LogP contribution in [0.3, 0.4) is 0 Å². The van der Waals surface area contributed by atoms with Crippen LogP contribution in [0, 0.1) is 29.1 Å². The van der Waals surface area contributed by atoms with Gasteiger partial charge in [0.05, 0.1) is 0 Å². The molecule has 4 unspecified atom stereocenters. The van der Waals surface area contributed by atoms with Crippen molar-refractivity contribution in [2.45, 2.75) is 81.1 Å².